The minimum Gasteiger partial charge on any atom is -0.319 e. The molecule has 0 radical (unpaired) electrons. The Labute approximate surface area is 156 Å². The molecule has 4 rings (SSSR count). The van der Waals surface area contributed by atoms with E-state index in [4.69, 9.17) is 0 Å². The van der Waals surface area contributed by atoms with Crippen LogP contribution in [-0.2, 0) is 4.57 Å². The van der Waals surface area contributed by atoms with Gasteiger partial charge in [0.15, 0.2) is 0 Å². The molecule has 0 aliphatic heterocycles. The van der Waals surface area contributed by atoms with Gasteiger partial charge in [0.05, 0.1) is 0 Å². The van der Waals surface area contributed by atoms with Crippen molar-refractivity contribution in [1.82, 2.24) is 0 Å². The molecular formula is C22H18BrOP. The smallest absolute Gasteiger partial charge is 0.111 e. The minimum atomic E-state index is -2.44. The summed E-state index contributed by atoms with van der Waals surface area (Å²) in [6.07, 6.45) is 0. The number of hydrogen-bond acceptors (Lipinski definition) is 1. The number of fused-ring (bicyclic) bond motifs is 2. The van der Waals surface area contributed by atoms with E-state index >= 15 is 0 Å². The van der Waals surface area contributed by atoms with E-state index in [1.165, 1.54) is 11.1 Å². The summed E-state index contributed by atoms with van der Waals surface area (Å²) in [5.41, 5.74) is 2.38. The molecule has 124 valence electrons. The molecule has 4 aromatic rings. The maximum atomic E-state index is 13.1. The molecule has 4 aromatic carbocycles. The Morgan fingerprint density at radius 3 is 1.56 bits per heavy atom. The highest BCUT2D eigenvalue weighted by atomic mass is 79.9. The normalized spacial score (nSPS) is 12.0. The average molecular weight is 409 g/mol. The lowest BCUT2D eigenvalue weighted by molar-refractivity contribution is 0.588. The number of benzene rings is 4. The van der Waals surface area contributed by atoms with E-state index in [1.54, 1.807) is 0 Å². The van der Waals surface area contributed by atoms with Crippen LogP contribution in [0.1, 0.15) is 0 Å². The van der Waals surface area contributed by atoms with E-state index in [1.807, 2.05) is 25.5 Å². The van der Waals surface area contributed by atoms with Crippen molar-refractivity contribution in [2.75, 3.05) is 13.3 Å². The van der Waals surface area contributed by atoms with Crippen molar-refractivity contribution in [3.8, 4) is 11.1 Å². The molecule has 25 heavy (non-hydrogen) atoms. The Bertz CT molecular complexity index is 1080. The van der Waals surface area contributed by atoms with Gasteiger partial charge in [0.1, 0.15) is 7.14 Å². The first-order valence-corrected chi connectivity index (χ1v) is 11.6. The van der Waals surface area contributed by atoms with Crippen molar-refractivity contribution in [3.05, 3.63) is 77.3 Å². The van der Waals surface area contributed by atoms with E-state index < -0.39 is 7.14 Å². The molecule has 0 aliphatic carbocycles. The molecule has 0 unspecified atom stereocenters. The SMILES string of the molecule is CP(C)(=O)c1c2ccccc2c(-c2ccc(Br)cc2)c2ccccc12. The van der Waals surface area contributed by atoms with E-state index in [0.717, 1.165) is 31.3 Å². The fourth-order valence-corrected chi connectivity index (χ4v) is 5.43. The van der Waals surface area contributed by atoms with Crippen molar-refractivity contribution in [1.29, 1.82) is 0 Å². The summed E-state index contributed by atoms with van der Waals surface area (Å²) >= 11 is 3.52. The highest BCUT2D eigenvalue weighted by Crippen LogP contribution is 2.44. The van der Waals surface area contributed by atoms with E-state index in [9.17, 15) is 4.57 Å². The van der Waals surface area contributed by atoms with Crippen LogP contribution in [0.4, 0.5) is 0 Å². The molecule has 0 amide bonds. The number of hydrogen-bond donors (Lipinski definition) is 0. The molecule has 3 heteroatoms. The molecule has 0 N–H and O–H groups in total. The third kappa shape index (κ3) is 2.84. The molecule has 0 atom stereocenters. The number of halogens is 1. The van der Waals surface area contributed by atoms with Crippen LogP contribution in [0.5, 0.6) is 0 Å². The quantitative estimate of drug-likeness (QED) is 0.267. The largest absolute Gasteiger partial charge is 0.319 e. The molecule has 0 aliphatic rings. The summed E-state index contributed by atoms with van der Waals surface area (Å²) in [6, 6.07) is 25.0. The van der Waals surface area contributed by atoms with Gasteiger partial charge in [0.25, 0.3) is 0 Å². The lowest BCUT2D eigenvalue weighted by atomic mass is 9.92. The van der Waals surface area contributed by atoms with Crippen LogP contribution in [0.15, 0.2) is 77.3 Å². The van der Waals surface area contributed by atoms with E-state index in [0.29, 0.717) is 0 Å². The zero-order chi connectivity index (χ0) is 17.6. The van der Waals surface area contributed by atoms with Crippen LogP contribution < -0.4 is 5.30 Å². The molecule has 0 fully saturated rings. The third-order valence-corrected chi connectivity index (χ3v) is 6.66. The van der Waals surface area contributed by atoms with Gasteiger partial charge in [-0.15, -0.1) is 0 Å². The Morgan fingerprint density at radius 1 is 0.680 bits per heavy atom. The fourth-order valence-electron chi connectivity index (χ4n) is 3.61. The van der Waals surface area contributed by atoms with Gasteiger partial charge in [0.2, 0.25) is 0 Å². The highest BCUT2D eigenvalue weighted by molar-refractivity contribution is 9.10. The molecule has 0 aromatic heterocycles. The van der Waals surface area contributed by atoms with Gasteiger partial charge in [-0.25, -0.2) is 0 Å². The van der Waals surface area contributed by atoms with Crippen LogP contribution in [-0.4, -0.2) is 13.3 Å². The molecule has 0 saturated heterocycles. The van der Waals surface area contributed by atoms with Crippen molar-refractivity contribution < 1.29 is 4.57 Å². The predicted molar refractivity (Wildman–Crippen MR) is 114 cm³/mol. The van der Waals surface area contributed by atoms with Crippen molar-refractivity contribution in [2.45, 2.75) is 0 Å². The van der Waals surface area contributed by atoms with Gasteiger partial charge in [-0.05, 0) is 58.1 Å². The Hall–Kier alpha value is -1.89. The molecular weight excluding hydrogens is 391 g/mol. The fraction of sp³-hybridized carbons (Fsp3) is 0.0909. The van der Waals surface area contributed by atoms with Crippen LogP contribution in [0.3, 0.4) is 0 Å². The lowest BCUT2D eigenvalue weighted by Gasteiger charge is -2.19. The topological polar surface area (TPSA) is 17.1 Å². The molecule has 0 spiro atoms. The standard InChI is InChI=1S/C22H18BrOP/c1-25(2,24)22-19-9-5-3-7-17(19)21(15-11-13-16(23)14-12-15)18-8-4-6-10-20(18)22/h3-14H,1-2H3. The molecule has 0 saturated carbocycles. The summed E-state index contributed by atoms with van der Waals surface area (Å²) in [6.45, 7) is 3.72. The highest BCUT2D eigenvalue weighted by Gasteiger charge is 2.22. The summed E-state index contributed by atoms with van der Waals surface area (Å²) in [5.74, 6) is 0. The van der Waals surface area contributed by atoms with Crippen molar-refractivity contribution in [3.63, 3.8) is 0 Å². The lowest BCUT2D eigenvalue weighted by Crippen LogP contribution is -2.08. The second-order valence-corrected chi connectivity index (χ2v) is 10.7. The minimum absolute atomic E-state index is 0.986. The van der Waals surface area contributed by atoms with Gasteiger partial charge in [-0.1, -0.05) is 76.6 Å². The average Bonchev–Trinajstić information content (AvgIpc) is 2.59. The van der Waals surface area contributed by atoms with Gasteiger partial charge in [-0.3, -0.25) is 0 Å². The van der Waals surface area contributed by atoms with Crippen molar-refractivity contribution in [2.24, 2.45) is 0 Å². The maximum absolute atomic E-state index is 13.1. The predicted octanol–water partition coefficient (Wildman–Crippen LogP) is 6.67. The summed E-state index contributed by atoms with van der Waals surface area (Å²) in [4.78, 5) is 0. The second kappa shape index (κ2) is 6.12. The first-order chi connectivity index (χ1) is 12.0. The van der Waals surface area contributed by atoms with Crippen LogP contribution in [0.25, 0.3) is 32.7 Å². The van der Waals surface area contributed by atoms with Crippen LogP contribution >= 0.6 is 23.1 Å². The van der Waals surface area contributed by atoms with Gasteiger partial charge < -0.3 is 4.57 Å². The van der Waals surface area contributed by atoms with Crippen LogP contribution in [0, 0.1) is 0 Å². The third-order valence-electron chi connectivity index (χ3n) is 4.57. The van der Waals surface area contributed by atoms with E-state index in [2.05, 4.69) is 76.6 Å². The zero-order valence-corrected chi connectivity index (χ0v) is 16.6. The van der Waals surface area contributed by atoms with Crippen molar-refractivity contribution >= 4 is 49.9 Å². The Morgan fingerprint density at radius 2 is 1.12 bits per heavy atom. The summed E-state index contributed by atoms with van der Waals surface area (Å²) < 4.78 is 14.2. The van der Waals surface area contributed by atoms with Gasteiger partial charge in [-0.2, -0.15) is 0 Å². The maximum Gasteiger partial charge on any atom is 0.111 e. The molecule has 1 nitrogen and oxygen atoms in total. The molecule has 0 heterocycles. The monoisotopic (exact) mass is 408 g/mol. The Kier molecular flexibility index (Phi) is 4.06. The van der Waals surface area contributed by atoms with Crippen LogP contribution in [0.2, 0.25) is 0 Å². The first kappa shape index (κ1) is 16.6. The summed E-state index contributed by atoms with van der Waals surface area (Å²) in [5, 5.41) is 5.48. The molecule has 0 bridgehead atoms. The van der Waals surface area contributed by atoms with Gasteiger partial charge >= 0.3 is 0 Å². The second-order valence-electron chi connectivity index (χ2n) is 6.67. The first-order valence-electron chi connectivity index (χ1n) is 8.22. The summed E-state index contributed by atoms with van der Waals surface area (Å²) in [7, 11) is -2.44. The van der Waals surface area contributed by atoms with Gasteiger partial charge in [0, 0.05) is 9.78 Å². The van der Waals surface area contributed by atoms with E-state index in [-0.39, 0.29) is 0 Å². The Balaban J connectivity index is 2.27. The number of rotatable bonds is 2. The zero-order valence-electron chi connectivity index (χ0n) is 14.2.